The van der Waals surface area contributed by atoms with Crippen molar-refractivity contribution in [3.05, 3.63) is 0 Å². The zero-order valence-electron chi connectivity index (χ0n) is 6.41. The summed E-state index contributed by atoms with van der Waals surface area (Å²) >= 11 is 0. The van der Waals surface area contributed by atoms with Crippen molar-refractivity contribution in [3.63, 3.8) is 0 Å². The van der Waals surface area contributed by atoms with Crippen LogP contribution in [-0.4, -0.2) is 18.8 Å². The molecule has 0 spiro atoms. The molecule has 1 aliphatic rings. The number of alkyl halides is 3. The molecule has 0 aromatic heterocycles. The monoisotopic (exact) mass is 167 g/mol. The van der Waals surface area contributed by atoms with Gasteiger partial charge in [0, 0.05) is 6.04 Å². The highest BCUT2D eigenvalue weighted by Gasteiger charge is 2.47. The maximum Gasteiger partial charge on any atom is 0.391 e. The van der Waals surface area contributed by atoms with Crippen LogP contribution in [0.25, 0.3) is 0 Å². The number of hydrogen-bond acceptors (Lipinski definition) is 1. The summed E-state index contributed by atoms with van der Waals surface area (Å²) in [4.78, 5) is 0. The molecule has 11 heavy (non-hydrogen) atoms. The van der Waals surface area contributed by atoms with Crippen LogP contribution in [0.5, 0.6) is 0 Å². The average Bonchev–Trinajstić information content (AvgIpc) is 1.74. The Labute approximate surface area is 64.0 Å². The van der Waals surface area contributed by atoms with Crippen molar-refractivity contribution in [2.24, 2.45) is 5.92 Å². The second-order valence-corrected chi connectivity index (χ2v) is 2.96. The third-order valence-corrected chi connectivity index (χ3v) is 2.09. The molecule has 0 atom stereocenters. The van der Waals surface area contributed by atoms with Gasteiger partial charge in [0.25, 0.3) is 0 Å². The summed E-state index contributed by atoms with van der Waals surface area (Å²) in [5.74, 6) is -1.05. The molecule has 0 radical (unpaired) electrons. The third-order valence-electron chi connectivity index (χ3n) is 2.09. The number of halogens is 3. The fourth-order valence-electron chi connectivity index (χ4n) is 1.34. The first-order valence-electron chi connectivity index (χ1n) is 3.84. The van der Waals surface area contributed by atoms with Gasteiger partial charge < -0.3 is 5.32 Å². The summed E-state index contributed by atoms with van der Waals surface area (Å²) in [7, 11) is 0. The van der Waals surface area contributed by atoms with Crippen LogP contribution < -0.4 is 5.32 Å². The van der Waals surface area contributed by atoms with Crippen molar-refractivity contribution in [2.75, 3.05) is 6.54 Å². The molecule has 0 aromatic rings. The fourth-order valence-corrected chi connectivity index (χ4v) is 1.34. The summed E-state index contributed by atoms with van der Waals surface area (Å²) in [6, 6.07) is 0.103. The van der Waals surface area contributed by atoms with Gasteiger partial charge in [-0.2, -0.15) is 13.2 Å². The lowest BCUT2D eigenvalue weighted by Crippen LogP contribution is -2.46. The Morgan fingerprint density at radius 2 is 1.91 bits per heavy atom. The maximum absolute atomic E-state index is 11.9. The standard InChI is InChI=1S/C7H12F3N/c1-2-11-6-3-5(4-6)7(8,9)10/h5-6,11H,2-4H2,1H3. The summed E-state index contributed by atoms with van der Waals surface area (Å²) in [6.07, 6.45) is -3.44. The van der Waals surface area contributed by atoms with E-state index in [-0.39, 0.29) is 18.9 Å². The highest BCUT2D eigenvalue weighted by Crippen LogP contribution is 2.40. The molecule has 1 saturated carbocycles. The fraction of sp³-hybridized carbons (Fsp3) is 1.00. The first-order chi connectivity index (χ1) is 5.04. The molecule has 1 aliphatic carbocycles. The van der Waals surface area contributed by atoms with Gasteiger partial charge in [-0.1, -0.05) is 6.92 Å². The van der Waals surface area contributed by atoms with Gasteiger partial charge in [0.05, 0.1) is 5.92 Å². The molecule has 66 valence electrons. The van der Waals surface area contributed by atoms with Gasteiger partial charge in [0.15, 0.2) is 0 Å². The van der Waals surface area contributed by atoms with Gasteiger partial charge in [0.2, 0.25) is 0 Å². The second kappa shape index (κ2) is 3.01. The Bertz CT molecular complexity index is 126. The minimum absolute atomic E-state index is 0.103. The average molecular weight is 167 g/mol. The summed E-state index contributed by atoms with van der Waals surface area (Å²) in [5.41, 5.74) is 0. The molecule has 1 nitrogen and oxygen atoms in total. The number of hydrogen-bond donors (Lipinski definition) is 1. The van der Waals surface area contributed by atoms with Gasteiger partial charge in [-0.15, -0.1) is 0 Å². The Kier molecular flexibility index (Phi) is 2.42. The van der Waals surface area contributed by atoms with E-state index in [0.717, 1.165) is 6.54 Å². The van der Waals surface area contributed by atoms with Crippen LogP contribution in [0, 0.1) is 5.92 Å². The van der Waals surface area contributed by atoms with Crippen molar-refractivity contribution in [2.45, 2.75) is 32.0 Å². The predicted molar refractivity (Wildman–Crippen MR) is 36.2 cm³/mol. The van der Waals surface area contributed by atoms with E-state index in [4.69, 9.17) is 0 Å². The summed E-state index contributed by atoms with van der Waals surface area (Å²) in [5, 5.41) is 2.98. The first kappa shape index (κ1) is 8.84. The molecule has 0 aromatic carbocycles. The highest BCUT2D eigenvalue weighted by molar-refractivity contribution is 4.88. The molecule has 0 unspecified atom stereocenters. The van der Waals surface area contributed by atoms with Crippen LogP contribution in [-0.2, 0) is 0 Å². The minimum Gasteiger partial charge on any atom is -0.314 e. The van der Waals surface area contributed by atoms with E-state index in [2.05, 4.69) is 5.32 Å². The minimum atomic E-state index is -3.97. The summed E-state index contributed by atoms with van der Waals surface area (Å²) < 4.78 is 35.7. The Morgan fingerprint density at radius 3 is 2.27 bits per heavy atom. The van der Waals surface area contributed by atoms with Crippen LogP contribution in [0.3, 0.4) is 0 Å². The molecule has 0 heterocycles. The number of rotatable bonds is 2. The van der Waals surface area contributed by atoms with E-state index in [0.29, 0.717) is 0 Å². The third kappa shape index (κ3) is 2.09. The van der Waals surface area contributed by atoms with Gasteiger partial charge in [-0.3, -0.25) is 0 Å². The van der Waals surface area contributed by atoms with E-state index in [1.165, 1.54) is 0 Å². The topological polar surface area (TPSA) is 12.0 Å². The molecule has 1 fully saturated rings. The molecule has 1 rings (SSSR count). The van der Waals surface area contributed by atoms with E-state index >= 15 is 0 Å². The predicted octanol–water partition coefficient (Wildman–Crippen LogP) is 1.94. The van der Waals surface area contributed by atoms with Crippen LogP contribution in [0.15, 0.2) is 0 Å². The van der Waals surface area contributed by atoms with E-state index in [1.54, 1.807) is 0 Å². The van der Waals surface area contributed by atoms with Crippen LogP contribution >= 0.6 is 0 Å². The lowest BCUT2D eigenvalue weighted by molar-refractivity contribution is -0.198. The van der Waals surface area contributed by atoms with Crippen molar-refractivity contribution >= 4 is 0 Å². The van der Waals surface area contributed by atoms with E-state index in [9.17, 15) is 13.2 Å². The Balaban J connectivity index is 2.19. The number of nitrogens with one attached hydrogen (secondary N) is 1. The zero-order valence-corrected chi connectivity index (χ0v) is 6.41. The van der Waals surface area contributed by atoms with Crippen molar-refractivity contribution < 1.29 is 13.2 Å². The van der Waals surface area contributed by atoms with Gasteiger partial charge in [-0.05, 0) is 19.4 Å². The van der Waals surface area contributed by atoms with Crippen LogP contribution in [0.2, 0.25) is 0 Å². The van der Waals surface area contributed by atoms with Crippen molar-refractivity contribution in [1.82, 2.24) is 5.32 Å². The quantitative estimate of drug-likeness (QED) is 0.662. The normalized spacial score (nSPS) is 31.6. The molecule has 0 bridgehead atoms. The molecule has 0 amide bonds. The lowest BCUT2D eigenvalue weighted by atomic mass is 9.80. The second-order valence-electron chi connectivity index (χ2n) is 2.96. The smallest absolute Gasteiger partial charge is 0.314 e. The lowest BCUT2D eigenvalue weighted by Gasteiger charge is -2.36. The Hall–Kier alpha value is -0.250. The first-order valence-corrected chi connectivity index (χ1v) is 3.84. The van der Waals surface area contributed by atoms with Crippen LogP contribution in [0.1, 0.15) is 19.8 Å². The maximum atomic E-state index is 11.9. The molecular weight excluding hydrogens is 155 g/mol. The largest absolute Gasteiger partial charge is 0.391 e. The van der Waals surface area contributed by atoms with Gasteiger partial charge >= 0.3 is 6.18 Å². The zero-order chi connectivity index (χ0) is 8.48. The van der Waals surface area contributed by atoms with E-state index in [1.807, 2.05) is 6.92 Å². The molecule has 0 saturated heterocycles. The summed E-state index contributed by atoms with van der Waals surface area (Å²) in [6.45, 7) is 2.66. The Morgan fingerprint density at radius 1 is 1.36 bits per heavy atom. The molecule has 4 heteroatoms. The van der Waals surface area contributed by atoms with Gasteiger partial charge in [0.1, 0.15) is 0 Å². The van der Waals surface area contributed by atoms with Gasteiger partial charge in [-0.25, -0.2) is 0 Å². The SMILES string of the molecule is CCNC1CC(C(F)(F)F)C1. The molecule has 0 aliphatic heterocycles. The highest BCUT2D eigenvalue weighted by atomic mass is 19.4. The van der Waals surface area contributed by atoms with Crippen molar-refractivity contribution in [1.29, 1.82) is 0 Å². The van der Waals surface area contributed by atoms with Crippen LogP contribution in [0.4, 0.5) is 13.2 Å². The van der Waals surface area contributed by atoms with Crippen molar-refractivity contribution in [3.8, 4) is 0 Å². The molecule has 1 N–H and O–H groups in total. The van der Waals surface area contributed by atoms with E-state index < -0.39 is 12.1 Å². The molecular formula is C7H12F3N.